The van der Waals surface area contributed by atoms with Gasteiger partial charge in [0.1, 0.15) is 0 Å². The predicted molar refractivity (Wildman–Crippen MR) is 72.5 cm³/mol. The van der Waals surface area contributed by atoms with Gasteiger partial charge in [0, 0.05) is 5.69 Å². The quantitative estimate of drug-likeness (QED) is 0.871. The van der Waals surface area contributed by atoms with Gasteiger partial charge < -0.3 is 5.32 Å². The van der Waals surface area contributed by atoms with E-state index >= 15 is 0 Å². The lowest BCUT2D eigenvalue weighted by atomic mass is 10.3. The van der Waals surface area contributed by atoms with Crippen molar-refractivity contribution in [2.45, 2.75) is 27.7 Å². The SMILES string of the molecule is CC.Cc1nc(Nc2ccccc2)nc(C)c1F. The molecule has 0 atom stereocenters. The van der Waals surface area contributed by atoms with Crippen LogP contribution in [0.2, 0.25) is 0 Å². The first kappa shape index (κ1) is 14.1. The second-order valence-corrected chi connectivity index (χ2v) is 3.52. The fourth-order valence-corrected chi connectivity index (χ4v) is 1.41. The molecule has 0 amide bonds. The maximum atomic E-state index is 13.3. The van der Waals surface area contributed by atoms with Crippen LogP contribution in [0.15, 0.2) is 30.3 Å². The molecule has 0 fully saturated rings. The number of rotatable bonds is 2. The first-order valence-electron chi connectivity index (χ1n) is 5.99. The standard InChI is InChI=1S/C12H12FN3.C2H6/c1-8-11(13)9(2)15-12(14-8)16-10-6-4-3-5-7-10;1-2/h3-7H,1-2H3,(H,14,15,16);1-2H3. The van der Waals surface area contributed by atoms with Crippen molar-refractivity contribution in [3.05, 3.63) is 47.5 Å². The van der Waals surface area contributed by atoms with Crippen molar-refractivity contribution in [1.29, 1.82) is 0 Å². The second kappa shape index (κ2) is 6.69. The Kier molecular flexibility index (Phi) is 5.24. The molecule has 0 radical (unpaired) electrons. The van der Waals surface area contributed by atoms with E-state index in [9.17, 15) is 4.39 Å². The van der Waals surface area contributed by atoms with Gasteiger partial charge in [-0.2, -0.15) is 0 Å². The zero-order valence-corrected chi connectivity index (χ0v) is 11.2. The average Bonchev–Trinajstić information content (AvgIpc) is 2.39. The van der Waals surface area contributed by atoms with Gasteiger partial charge in [0.25, 0.3) is 0 Å². The van der Waals surface area contributed by atoms with E-state index in [0.717, 1.165) is 5.69 Å². The maximum absolute atomic E-state index is 13.3. The summed E-state index contributed by atoms with van der Waals surface area (Å²) in [5, 5.41) is 3.02. The molecule has 0 saturated carbocycles. The monoisotopic (exact) mass is 247 g/mol. The number of nitrogens with zero attached hydrogens (tertiary/aromatic N) is 2. The Balaban J connectivity index is 0.000000771. The molecule has 0 aliphatic heterocycles. The van der Waals surface area contributed by atoms with E-state index in [0.29, 0.717) is 17.3 Å². The number of aryl methyl sites for hydroxylation is 2. The van der Waals surface area contributed by atoms with Crippen molar-refractivity contribution in [1.82, 2.24) is 9.97 Å². The molecule has 4 heteroatoms. The number of benzene rings is 1. The average molecular weight is 247 g/mol. The predicted octanol–water partition coefficient (Wildman–Crippen LogP) is 4.00. The molecule has 0 spiro atoms. The molecule has 3 nitrogen and oxygen atoms in total. The van der Waals surface area contributed by atoms with Crippen molar-refractivity contribution in [2.75, 3.05) is 5.32 Å². The second-order valence-electron chi connectivity index (χ2n) is 3.52. The molecule has 96 valence electrons. The highest BCUT2D eigenvalue weighted by Crippen LogP contribution is 2.15. The summed E-state index contributed by atoms with van der Waals surface area (Å²) in [7, 11) is 0. The molecular weight excluding hydrogens is 229 g/mol. The zero-order chi connectivity index (χ0) is 13.5. The topological polar surface area (TPSA) is 37.8 Å². The molecule has 0 aliphatic rings. The number of aromatic nitrogens is 2. The number of hydrogen-bond donors (Lipinski definition) is 1. The van der Waals surface area contributed by atoms with Gasteiger partial charge >= 0.3 is 0 Å². The van der Waals surface area contributed by atoms with Crippen LogP contribution in [0.5, 0.6) is 0 Å². The lowest BCUT2D eigenvalue weighted by Crippen LogP contribution is -2.03. The Morgan fingerprint density at radius 1 is 0.944 bits per heavy atom. The highest BCUT2D eigenvalue weighted by Gasteiger charge is 2.07. The summed E-state index contributed by atoms with van der Waals surface area (Å²) in [6.07, 6.45) is 0. The van der Waals surface area contributed by atoms with E-state index in [-0.39, 0.29) is 5.82 Å². The third-order valence-electron chi connectivity index (χ3n) is 2.21. The van der Waals surface area contributed by atoms with E-state index in [4.69, 9.17) is 0 Å². The molecule has 2 rings (SSSR count). The Bertz CT molecular complexity index is 475. The van der Waals surface area contributed by atoms with Gasteiger partial charge in [0.15, 0.2) is 5.82 Å². The third-order valence-corrected chi connectivity index (χ3v) is 2.21. The van der Waals surface area contributed by atoms with Crippen molar-refractivity contribution >= 4 is 11.6 Å². The maximum Gasteiger partial charge on any atom is 0.227 e. The van der Waals surface area contributed by atoms with Crippen molar-refractivity contribution < 1.29 is 4.39 Å². The molecule has 0 saturated heterocycles. The summed E-state index contributed by atoms with van der Waals surface area (Å²) in [6, 6.07) is 9.54. The molecule has 1 aromatic carbocycles. The number of para-hydroxylation sites is 1. The van der Waals surface area contributed by atoms with Gasteiger partial charge in [0.05, 0.1) is 11.4 Å². The molecule has 0 bridgehead atoms. The van der Waals surface area contributed by atoms with E-state index in [2.05, 4.69) is 15.3 Å². The molecule has 18 heavy (non-hydrogen) atoms. The van der Waals surface area contributed by atoms with Gasteiger partial charge in [-0.05, 0) is 26.0 Å². The minimum absolute atomic E-state index is 0.349. The van der Waals surface area contributed by atoms with E-state index in [1.807, 2.05) is 44.2 Å². The normalized spacial score (nSPS) is 9.39. The lowest BCUT2D eigenvalue weighted by molar-refractivity contribution is 0.591. The molecule has 2 aromatic rings. The van der Waals surface area contributed by atoms with E-state index in [1.54, 1.807) is 13.8 Å². The highest BCUT2D eigenvalue weighted by atomic mass is 19.1. The van der Waals surface area contributed by atoms with Crippen LogP contribution in [0.3, 0.4) is 0 Å². The van der Waals surface area contributed by atoms with Crippen LogP contribution in [0.25, 0.3) is 0 Å². The number of nitrogens with one attached hydrogen (secondary N) is 1. The van der Waals surface area contributed by atoms with Gasteiger partial charge in [0.2, 0.25) is 5.95 Å². The molecule has 0 aliphatic carbocycles. The number of halogens is 1. The summed E-state index contributed by atoms with van der Waals surface area (Å²) < 4.78 is 13.3. The molecule has 1 aromatic heterocycles. The molecule has 1 N–H and O–H groups in total. The minimum Gasteiger partial charge on any atom is -0.324 e. The number of anilines is 2. The van der Waals surface area contributed by atoms with Gasteiger partial charge in [-0.1, -0.05) is 32.0 Å². The van der Waals surface area contributed by atoms with Crippen LogP contribution in [0.4, 0.5) is 16.0 Å². The zero-order valence-electron chi connectivity index (χ0n) is 11.2. The van der Waals surface area contributed by atoms with Crippen molar-refractivity contribution in [2.24, 2.45) is 0 Å². The molecular formula is C14H18FN3. The Morgan fingerprint density at radius 3 is 1.94 bits per heavy atom. The smallest absolute Gasteiger partial charge is 0.227 e. The summed E-state index contributed by atoms with van der Waals surface area (Å²) in [6.45, 7) is 7.25. The van der Waals surface area contributed by atoms with Crippen LogP contribution in [-0.4, -0.2) is 9.97 Å². The summed E-state index contributed by atoms with van der Waals surface area (Å²) in [5.41, 5.74) is 1.59. The van der Waals surface area contributed by atoms with Gasteiger partial charge in [-0.3, -0.25) is 0 Å². The van der Waals surface area contributed by atoms with Gasteiger partial charge in [-0.15, -0.1) is 0 Å². The lowest BCUT2D eigenvalue weighted by Gasteiger charge is -2.07. The van der Waals surface area contributed by atoms with Gasteiger partial charge in [-0.25, -0.2) is 14.4 Å². The van der Waals surface area contributed by atoms with Crippen LogP contribution in [0, 0.1) is 19.7 Å². The van der Waals surface area contributed by atoms with Crippen LogP contribution >= 0.6 is 0 Å². The van der Waals surface area contributed by atoms with Crippen LogP contribution in [-0.2, 0) is 0 Å². The fraction of sp³-hybridized carbons (Fsp3) is 0.286. The Hall–Kier alpha value is -1.97. The Morgan fingerprint density at radius 2 is 1.44 bits per heavy atom. The fourth-order valence-electron chi connectivity index (χ4n) is 1.41. The summed E-state index contributed by atoms with van der Waals surface area (Å²) in [5.74, 6) is 0.0706. The third kappa shape index (κ3) is 3.52. The van der Waals surface area contributed by atoms with Crippen molar-refractivity contribution in [3.8, 4) is 0 Å². The molecule has 1 heterocycles. The van der Waals surface area contributed by atoms with Crippen LogP contribution < -0.4 is 5.32 Å². The summed E-state index contributed by atoms with van der Waals surface area (Å²) >= 11 is 0. The van der Waals surface area contributed by atoms with E-state index < -0.39 is 0 Å². The number of hydrogen-bond acceptors (Lipinski definition) is 3. The summed E-state index contributed by atoms with van der Waals surface area (Å²) in [4.78, 5) is 8.06. The first-order chi connectivity index (χ1) is 8.66. The highest BCUT2D eigenvalue weighted by molar-refractivity contribution is 5.52. The van der Waals surface area contributed by atoms with Crippen molar-refractivity contribution in [3.63, 3.8) is 0 Å². The Labute approximate surface area is 107 Å². The first-order valence-corrected chi connectivity index (χ1v) is 5.99. The minimum atomic E-state index is -0.349. The van der Waals surface area contributed by atoms with Crippen LogP contribution in [0.1, 0.15) is 25.2 Å². The molecule has 0 unspecified atom stereocenters. The van der Waals surface area contributed by atoms with E-state index in [1.165, 1.54) is 0 Å². The largest absolute Gasteiger partial charge is 0.324 e.